The number of rotatable bonds is 2. The minimum Gasteiger partial charge on any atom is -0.480 e. The first-order chi connectivity index (χ1) is 6.81. The van der Waals surface area contributed by atoms with E-state index in [4.69, 9.17) is 39.9 Å². The van der Waals surface area contributed by atoms with E-state index in [2.05, 4.69) is 4.74 Å². The van der Waals surface area contributed by atoms with Gasteiger partial charge in [0.15, 0.2) is 0 Å². The zero-order valence-corrected chi connectivity index (χ0v) is 9.72. The van der Waals surface area contributed by atoms with Crippen LogP contribution in [0.5, 0.6) is 0 Å². The van der Waals surface area contributed by atoms with Crippen molar-refractivity contribution in [1.82, 2.24) is 4.90 Å². The van der Waals surface area contributed by atoms with Crippen molar-refractivity contribution in [3.05, 3.63) is 0 Å². The quantitative estimate of drug-likeness (QED) is 0.779. The van der Waals surface area contributed by atoms with Crippen LogP contribution in [-0.2, 0) is 9.53 Å². The summed E-state index contributed by atoms with van der Waals surface area (Å²) in [5, 5.41) is 8.65. The van der Waals surface area contributed by atoms with Crippen molar-refractivity contribution in [2.45, 2.75) is 16.3 Å². The van der Waals surface area contributed by atoms with Crippen LogP contribution in [-0.4, -0.2) is 45.1 Å². The molecule has 1 aliphatic heterocycles. The first kappa shape index (κ1) is 12.7. The van der Waals surface area contributed by atoms with Gasteiger partial charge in [-0.15, -0.1) is 0 Å². The first-order valence-electron chi connectivity index (χ1n) is 4.04. The van der Waals surface area contributed by atoms with Gasteiger partial charge in [-0.1, -0.05) is 34.8 Å². The van der Waals surface area contributed by atoms with Crippen LogP contribution >= 0.6 is 34.8 Å². The Labute approximate surface area is 101 Å². The third kappa shape index (κ3) is 3.59. The summed E-state index contributed by atoms with van der Waals surface area (Å²) in [5.74, 6) is -1.06. The number of hydrogen-bond acceptors (Lipinski definition) is 3. The van der Waals surface area contributed by atoms with Gasteiger partial charge in [0.2, 0.25) is 3.79 Å². The highest BCUT2D eigenvalue weighted by Gasteiger charge is 2.39. The van der Waals surface area contributed by atoms with Gasteiger partial charge in [0, 0.05) is 6.54 Å². The molecular weight excluding hydrogens is 268 g/mol. The smallest absolute Gasteiger partial charge is 0.410 e. The Morgan fingerprint density at radius 2 is 2.07 bits per heavy atom. The van der Waals surface area contributed by atoms with Gasteiger partial charge in [-0.25, -0.2) is 9.59 Å². The number of carbonyl (C=O) groups is 2. The molecule has 1 saturated heterocycles. The number of nitrogens with zero attached hydrogens (tertiary/aromatic N) is 1. The Kier molecular flexibility index (Phi) is 3.92. The lowest BCUT2D eigenvalue weighted by molar-refractivity contribution is -0.146. The van der Waals surface area contributed by atoms with Crippen molar-refractivity contribution >= 4 is 46.9 Å². The molecule has 0 bridgehead atoms. The molecule has 1 aliphatic rings. The maximum Gasteiger partial charge on any atom is 0.410 e. The van der Waals surface area contributed by atoms with Gasteiger partial charge in [0.05, 0.1) is 0 Å². The summed E-state index contributed by atoms with van der Waals surface area (Å²) in [6.07, 6.45) is -0.363. The van der Waals surface area contributed by atoms with Gasteiger partial charge < -0.3 is 9.84 Å². The summed E-state index contributed by atoms with van der Waals surface area (Å²) in [4.78, 5) is 22.9. The van der Waals surface area contributed by atoms with E-state index in [0.717, 1.165) is 4.90 Å². The van der Waals surface area contributed by atoms with Crippen molar-refractivity contribution in [2.75, 3.05) is 13.2 Å². The van der Waals surface area contributed by atoms with Crippen molar-refractivity contribution < 1.29 is 19.4 Å². The molecule has 1 N–H and O–H groups in total. The summed E-state index contributed by atoms with van der Waals surface area (Å²) >= 11 is 16.1. The molecule has 1 unspecified atom stereocenters. The van der Waals surface area contributed by atoms with Gasteiger partial charge in [-0.2, -0.15) is 0 Å². The molecule has 0 aliphatic carbocycles. The zero-order chi connectivity index (χ0) is 11.6. The molecule has 1 rings (SSSR count). The van der Waals surface area contributed by atoms with Crippen molar-refractivity contribution in [3.8, 4) is 0 Å². The number of amides is 1. The fourth-order valence-corrected chi connectivity index (χ4v) is 1.25. The van der Waals surface area contributed by atoms with Crippen molar-refractivity contribution in [3.63, 3.8) is 0 Å². The fourth-order valence-electron chi connectivity index (χ4n) is 1.09. The molecule has 0 spiro atoms. The number of carboxylic acid groups (broad SMARTS) is 1. The fraction of sp³-hybridized carbons (Fsp3) is 0.714. The average Bonchev–Trinajstić information content (AvgIpc) is 1.96. The van der Waals surface area contributed by atoms with Crippen LogP contribution < -0.4 is 0 Å². The maximum atomic E-state index is 11.3. The van der Waals surface area contributed by atoms with Crippen LogP contribution in [0, 0.1) is 0 Å². The Bertz CT molecular complexity index is 278. The van der Waals surface area contributed by atoms with Crippen LogP contribution in [0.4, 0.5) is 4.79 Å². The van der Waals surface area contributed by atoms with Gasteiger partial charge >= 0.3 is 12.1 Å². The molecule has 1 amide bonds. The van der Waals surface area contributed by atoms with Crippen LogP contribution in [0.2, 0.25) is 0 Å². The number of alkyl halides is 3. The monoisotopic (exact) mass is 275 g/mol. The van der Waals surface area contributed by atoms with E-state index in [1.165, 1.54) is 0 Å². The zero-order valence-electron chi connectivity index (χ0n) is 7.45. The van der Waals surface area contributed by atoms with Crippen LogP contribution in [0.3, 0.4) is 0 Å². The second kappa shape index (κ2) is 4.63. The second-order valence-electron chi connectivity index (χ2n) is 3.01. The molecule has 1 fully saturated rings. The van der Waals surface area contributed by atoms with E-state index < -0.39 is 28.5 Å². The number of ether oxygens (including phenoxy) is 1. The lowest BCUT2D eigenvalue weighted by Gasteiger charge is -2.36. The number of hydrogen-bond donors (Lipinski definition) is 1. The van der Waals surface area contributed by atoms with Gasteiger partial charge in [0.1, 0.15) is 12.6 Å². The molecule has 1 atom stereocenters. The standard InChI is InChI=1S/C7H8Cl3NO4/c8-7(9,10)3-15-6(14)11-2-1-4(11)5(12)13/h4H,1-3H2,(H,12,13). The molecule has 0 aromatic heterocycles. The topological polar surface area (TPSA) is 66.8 Å². The van der Waals surface area contributed by atoms with E-state index in [0.29, 0.717) is 13.0 Å². The number of likely N-dealkylation sites (tertiary alicyclic amines) is 1. The molecule has 15 heavy (non-hydrogen) atoms. The Balaban J connectivity index is 2.39. The molecular formula is C7H8Cl3NO4. The highest BCUT2D eigenvalue weighted by atomic mass is 35.6. The Morgan fingerprint density at radius 1 is 1.47 bits per heavy atom. The second-order valence-corrected chi connectivity index (χ2v) is 5.52. The predicted octanol–water partition coefficient (Wildman–Crippen LogP) is 1.65. The first-order valence-corrected chi connectivity index (χ1v) is 5.17. The highest BCUT2D eigenvalue weighted by molar-refractivity contribution is 6.67. The lowest BCUT2D eigenvalue weighted by atomic mass is 10.1. The lowest BCUT2D eigenvalue weighted by Crippen LogP contribution is -2.55. The van der Waals surface area contributed by atoms with E-state index in [9.17, 15) is 9.59 Å². The van der Waals surface area contributed by atoms with E-state index >= 15 is 0 Å². The number of halogens is 3. The number of carboxylic acids is 1. The summed E-state index contributed by atoms with van der Waals surface area (Å²) < 4.78 is 2.94. The molecule has 8 heteroatoms. The van der Waals surface area contributed by atoms with Gasteiger partial charge in [0.25, 0.3) is 0 Å². The van der Waals surface area contributed by atoms with Crippen LogP contribution in [0.1, 0.15) is 6.42 Å². The normalized spacial score (nSPS) is 20.7. The molecule has 86 valence electrons. The molecule has 0 saturated carbocycles. The molecule has 0 aromatic rings. The maximum absolute atomic E-state index is 11.3. The third-order valence-corrected chi connectivity index (χ3v) is 2.23. The average molecular weight is 277 g/mol. The summed E-state index contributed by atoms with van der Waals surface area (Å²) in [5.41, 5.74) is 0. The van der Waals surface area contributed by atoms with Crippen LogP contribution in [0.15, 0.2) is 0 Å². The highest BCUT2D eigenvalue weighted by Crippen LogP contribution is 2.27. The largest absolute Gasteiger partial charge is 0.480 e. The molecule has 0 radical (unpaired) electrons. The summed E-state index contributed by atoms with van der Waals surface area (Å²) in [6.45, 7) is -0.0605. The van der Waals surface area contributed by atoms with Gasteiger partial charge in [-0.05, 0) is 6.42 Å². The molecule has 0 aromatic carbocycles. The van der Waals surface area contributed by atoms with Gasteiger partial charge in [-0.3, -0.25) is 4.90 Å². The Morgan fingerprint density at radius 3 is 2.40 bits per heavy atom. The van der Waals surface area contributed by atoms with E-state index in [1.54, 1.807) is 0 Å². The molecule has 1 heterocycles. The third-order valence-electron chi connectivity index (χ3n) is 1.90. The summed E-state index contributed by atoms with van der Waals surface area (Å²) in [6, 6.07) is -0.826. The number of aliphatic carboxylic acids is 1. The predicted molar refractivity (Wildman–Crippen MR) is 54.4 cm³/mol. The molecule has 5 nitrogen and oxygen atoms in total. The van der Waals surface area contributed by atoms with Crippen LogP contribution in [0.25, 0.3) is 0 Å². The van der Waals surface area contributed by atoms with E-state index in [1.807, 2.05) is 0 Å². The minimum atomic E-state index is -1.68. The van der Waals surface area contributed by atoms with Crippen molar-refractivity contribution in [2.24, 2.45) is 0 Å². The van der Waals surface area contributed by atoms with E-state index in [-0.39, 0.29) is 0 Å². The number of carbonyl (C=O) groups excluding carboxylic acids is 1. The Hall–Kier alpha value is -0.390. The SMILES string of the molecule is O=C(O)C1CCN1C(=O)OCC(Cl)(Cl)Cl. The minimum absolute atomic E-state index is 0.343. The summed E-state index contributed by atoms with van der Waals surface area (Å²) in [7, 11) is 0. The van der Waals surface area contributed by atoms with Crippen molar-refractivity contribution in [1.29, 1.82) is 0 Å².